The molecule has 1 N–H and O–H groups in total. The summed E-state index contributed by atoms with van der Waals surface area (Å²) in [5, 5.41) is 6.98. The molecule has 0 fully saturated rings. The Hall–Kier alpha value is -3.39. The summed E-state index contributed by atoms with van der Waals surface area (Å²) in [6.45, 7) is 1.32. The van der Waals surface area contributed by atoms with Crippen LogP contribution in [-0.4, -0.2) is 49.3 Å². The van der Waals surface area contributed by atoms with Gasteiger partial charge in [-0.05, 0) is 43.4 Å². The van der Waals surface area contributed by atoms with Crippen molar-refractivity contribution in [1.82, 2.24) is 20.4 Å². The third kappa shape index (κ3) is 6.05. The Morgan fingerprint density at radius 1 is 1.06 bits per heavy atom. The molecule has 1 heterocycles. The number of nitrogens with one attached hydrogen (secondary N) is 1. The smallest absolute Gasteiger partial charge is 0.227 e. The maximum Gasteiger partial charge on any atom is 0.227 e. The normalized spacial score (nSPS) is 10.9. The first-order valence-electron chi connectivity index (χ1n) is 10.0. The summed E-state index contributed by atoms with van der Waals surface area (Å²) in [5.74, 6) is 1.99. The molecule has 31 heavy (non-hydrogen) atoms. The van der Waals surface area contributed by atoms with E-state index in [1.165, 1.54) is 5.56 Å². The minimum Gasteiger partial charge on any atom is -0.493 e. The Morgan fingerprint density at radius 2 is 1.81 bits per heavy atom. The summed E-state index contributed by atoms with van der Waals surface area (Å²) in [6, 6.07) is 13.5. The van der Waals surface area contributed by atoms with E-state index in [0.29, 0.717) is 36.2 Å². The predicted octanol–water partition coefficient (Wildman–Crippen LogP) is 3.06. The van der Waals surface area contributed by atoms with Crippen LogP contribution in [0.5, 0.6) is 11.5 Å². The van der Waals surface area contributed by atoms with Gasteiger partial charge in [0.15, 0.2) is 11.5 Å². The molecule has 0 bridgehead atoms. The average Bonchev–Trinajstić information content (AvgIpc) is 3.25. The van der Waals surface area contributed by atoms with Gasteiger partial charge in [-0.3, -0.25) is 4.79 Å². The quantitative estimate of drug-likeness (QED) is 0.535. The fraction of sp³-hybridized carbons (Fsp3) is 0.348. The molecule has 164 valence electrons. The Labute approximate surface area is 182 Å². The van der Waals surface area contributed by atoms with Gasteiger partial charge in [0, 0.05) is 31.5 Å². The average molecular weight is 425 g/mol. The molecular formula is C23H28N4O4. The number of rotatable bonds is 10. The van der Waals surface area contributed by atoms with Gasteiger partial charge in [0.25, 0.3) is 0 Å². The molecule has 8 nitrogen and oxygen atoms in total. The second-order valence-electron chi connectivity index (χ2n) is 7.36. The molecule has 0 saturated carbocycles. The molecule has 0 saturated heterocycles. The molecule has 0 aliphatic carbocycles. The number of methoxy groups -OCH3 is 2. The van der Waals surface area contributed by atoms with Gasteiger partial charge in [-0.2, -0.15) is 4.98 Å². The highest BCUT2D eigenvalue weighted by molar-refractivity contribution is 5.76. The van der Waals surface area contributed by atoms with E-state index in [9.17, 15) is 4.79 Å². The van der Waals surface area contributed by atoms with Crippen LogP contribution < -0.4 is 14.8 Å². The van der Waals surface area contributed by atoms with Crippen molar-refractivity contribution in [3.63, 3.8) is 0 Å². The van der Waals surface area contributed by atoms with Crippen LogP contribution in [0.15, 0.2) is 47.0 Å². The number of amides is 1. The number of benzene rings is 2. The van der Waals surface area contributed by atoms with Crippen LogP contribution in [0.1, 0.15) is 23.4 Å². The van der Waals surface area contributed by atoms with Crippen LogP contribution in [0, 0.1) is 0 Å². The molecule has 3 aromatic rings. The molecule has 8 heteroatoms. The number of carbonyl (C=O) groups excluding carboxylic acids is 1. The van der Waals surface area contributed by atoms with E-state index in [1.807, 2.05) is 38.4 Å². The number of hydrogen-bond donors (Lipinski definition) is 1. The van der Waals surface area contributed by atoms with Gasteiger partial charge >= 0.3 is 0 Å². The SMILES string of the molecule is COc1ccc(-c2noc(CCC(=O)NCc3ccccc3CN(C)C)n2)cc1OC. The minimum absolute atomic E-state index is 0.0643. The van der Waals surface area contributed by atoms with Crippen molar-refractivity contribution < 1.29 is 18.8 Å². The highest BCUT2D eigenvalue weighted by Gasteiger charge is 2.13. The summed E-state index contributed by atoms with van der Waals surface area (Å²) >= 11 is 0. The molecule has 0 atom stereocenters. The third-order valence-corrected chi connectivity index (χ3v) is 4.76. The Bertz CT molecular complexity index is 1020. The fourth-order valence-electron chi connectivity index (χ4n) is 3.18. The lowest BCUT2D eigenvalue weighted by Gasteiger charge is -2.14. The van der Waals surface area contributed by atoms with Crippen LogP contribution in [0.25, 0.3) is 11.4 Å². The maximum atomic E-state index is 12.3. The summed E-state index contributed by atoms with van der Waals surface area (Å²) in [7, 11) is 7.20. The van der Waals surface area contributed by atoms with E-state index in [0.717, 1.165) is 17.7 Å². The van der Waals surface area contributed by atoms with E-state index in [4.69, 9.17) is 14.0 Å². The van der Waals surface area contributed by atoms with Gasteiger partial charge in [-0.1, -0.05) is 29.4 Å². The van der Waals surface area contributed by atoms with Crippen molar-refractivity contribution >= 4 is 5.91 Å². The lowest BCUT2D eigenvalue weighted by molar-refractivity contribution is -0.121. The molecule has 1 aromatic heterocycles. The van der Waals surface area contributed by atoms with Crippen molar-refractivity contribution in [3.8, 4) is 22.9 Å². The molecule has 0 aliphatic rings. The number of aryl methyl sites for hydroxylation is 1. The number of aromatic nitrogens is 2. The number of hydrogen-bond acceptors (Lipinski definition) is 7. The number of carbonyl (C=O) groups is 1. The summed E-state index contributed by atoms with van der Waals surface area (Å²) in [5.41, 5.74) is 3.05. The lowest BCUT2D eigenvalue weighted by Crippen LogP contribution is -2.24. The second-order valence-corrected chi connectivity index (χ2v) is 7.36. The third-order valence-electron chi connectivity index (χ3n) is 4.76. The summed E-state index contributed by atoms with van der Waals surface area (Å²) in [6.07, 6.45) is 0.634. The van der Waals surface area contributed by atoms with E-state index in [1.54, 1.807) is 26.4 Å². The fourth-order valence-corrected chi connectivity index (χ4v) is 3.18. The number of nitrogens with zero attached hydrogens (tertiary/aromatic N) is 3. The van der Waals surface area contributed by atoms with Crippen molar-refractivity contribution in [3.05, 3.63) is 59.5 Å². The molecule has 0 unspecified atom stereocenters. The Morgan fingerprint density at radius 3 is 2.52 bits per heavy atom. The van der Waals surface area contributed by atoms with Crippen molar-refractivity contribution in [2.24, 2.45) is 0 Å². The van der Waals surface area contributed by atoms with Gasteiger partial charge in [-0.15, -0.1) is 0 Å². The highest BCUT2D eigenvalue weighted by atomic mass is 16.5. The van der Waals surface area contributed by atoms with Crippen molar-refractivity contribution in [2.75, 3.05) is 28.3 Å². The molecule has 0 aliphatic heterocycles. The predicted molar refractivity (Wildman–Crippen MR) is 117 cm³/mol. The van der Waals surface area contributed by atoms with Crippen LogP contribution in [0.2, 0.25) is 0 Å². The van der Waals surface area contributed by atoms with Gasteiger partial charge in [0.05, 0.1) is 14.2 Å². The first-order chi connectivity index (χ1) is 15.0. The van der Waals surface area contributed by atoms with Crippen LogP contribution in [-0.2, 0) is 24.3 Å². The lowest BCUT2D eigenvalue weighted by atomic mass is 10.1. The zero-order valence-electron chi connectivity index (χ0n) is 18.3. The van der Waals surface area contributed by atoms with Crippen molar-refractivity contribution in [2.45, 2.75) is 25.9 Å². The first-order valence-corrected chi connectivity index (χ1v) is 10.0. The van der Waals surface area contributed by atoms with Crippen LogP contribution >= 0.6 is 0 Å². The standard InChI is InChI=1S/C23H28N4O4/c1-27(2)15-18-8-6-5-7-17(18)14-24-21(28)11-12-22-25-23(26-31-22)16-9-10-19(29-3)20(13-16)30-4/h5-10,13H,11-12,14-15H2,1-4H3,(H,24,28). The van der Waals surface area contributed by atoms with Crippen LogP contribution in [0.4, 0.5) is 0 Å². The monoisotopic (exact) mass is 424 g/mol. The van der Waals surface area contributed by atoms with Gasteiger partial charge in [0.2, 0.25) is 17.6 Å². The largest absolute Gasteiger partial charge is 0.493 e. The van der Waals surface area contributed by atoms with Gasteiger partial charge in [-0.25, -0.2) is 0 Å². The maximum absolute atomic E-state index is 12.3. The Balaban J connectivity index is 1.55. The van der Waals surface area contributed by atoms with E-state index >= 15 is 0 Å². The van der Waals surface area contributed by atoms with Gasteiger partial charge < -0.3 is 24.2 Å². The van der Waals surface area contributed by atoms with Gasteiger partial charge in [0.1, 0.15) is 0 Å². The summed E-state index contributed by atoms with van der Waals surface area (Å²) in [4.78, 5) is 18.8. The number of ether oxygens (including phenoxy) is 2. The summed E-state index contributed by atoms with van der Waals surface area (Å²) < 4.78 is 15.9. The molecule has 1 amide bonds. The van der Waals surface area contributed by atoms with Crippen LogP contribution in [0.3, 0.4) is 0 Å². The molecule has 2 aromatic carbocycles. The molecule has 0 spiro atoms. The molecular weight excluding hydrogens is 396 g/mol. The molecule has 3 rings (SSSR count). The minimum atomic E-state index is -0.0643. The van der Waals surface area contributed by atoms with Crippen molar-refractivity contribution in [1.29, 1.82) is 0 Å². The molecule has 0 radical (unpaired) electrons. The van der Waals surface area contributed by atoms with E-state index in [-0.39, 0.29) is 12.3 Å². The second kappa shape index (κ2) is 10.6. The highest BCUT2D eigenvalue weighted by Crippen LogP contribution is 2.31. The zero-order valence-corrected chi connectivity index (χ0v) is 18.3. The Kier molecular flexibility index (Phi) is 7.61. The topological polar surface area (TPSA) is 89.7 Å². The van der Waals surface area contributed by atoms with E-state index in [2.05, 4.69) is 26.4 Å². The zero-order chi connectivity index (χ0) is 22.2. The first kappa shape index (κ1) is 22.3. The van der Waals surface area contributed by atoms with E-state index < -0.39 is 0 Å².